The number of aliphatic hydroxyl groups excluding tert-OH is 6. The summed E-state index contributed by atoms with van der Waals surface area (Å²) in [5.41, 5.74) is 0. The molecule has 10 nitrogen and oxygen atoms in total. The number of carbonyl (C=O) groups is 1. The lowest BCUT2D eigenvalue weighted by atomic mass is 9.99. The zero-order chi connectivity index (χ0) is 37.0. The molecule has 1 aliphatic heterocycles. The van der Waals surface area contributed by atoms with Crippen LogP contribution in [0.5, 0.6) is 0 Å². The fraction of sp³-hybridized carbons (Fsp3) is 0.975. The molecule has 0 aromatic heterocycles. The first-order chi connectivity index (χ1) is 24.1. The SMILES string of the molecule is CCCCCCCCCCCCCC[C@@H](O)CC(=O)N[C@@H](CO[C@H]1O[C@H](CO)[C@H](O)[C@H](O)[C@H]1O)[C@H](O)CCCCCCCCCCCC(C)C. The smallest absolute Gasteiger partial charge is 0.222 e. The first kappa shape index (κ1) is 47.2. The van der Waals surface area contributed by atoms with Gasteiger partial charge in [0.15, 0.2) is 6.29 Å². The van der Waals surface area contributed by atoms with E-state index in [1.54, 1.807) is 0 Å². The van der Waals surface area contributed by atoms with Crippen molar-refractivity contribution in [1.82, 2.24) is 5.32 Å². The molecule has 10 heteroatoms. The number of hydrogen-bond acceptors (Lipinski definition) is 9. The van der Waals surface area contributed by atoms with E-state index < -0.39 is 61.5 Å². The average molecular weight is 718 g/mol. The van der Waals surface area contributed by atoms with Crippen molar-refractivity contribution in [3.8, 4) is 0 Å². The highest BCUT2D eigenvalue weighted by Gasteiger charge is 2.44. The number of amides is 1. The highest BCUT2D eigenvalue weighted by atomic mass is 16.7. The Morgan fingerprint density at radius 3 is 1.60 bits per heavy atom. The molecule has 0 aromatic carbocycles. The van der Waals surface area contributed by atoms with Gasteiger partial charge in [-0.1, -0.05) is 162 Å². The normalized spacial score (nSPS) is 22.9. The number of nitrogens with one attached hydrogen (secondary N) is 1. The first-order valence-corrected chi connectivity index (χ1v) is 20.7. The van der Waals surface area contributed by atoms with Crippen LogP contribution < -0.4 is 5.32 Å². The fourth-order valence-corrected chi connectivity index (χ4v) is 6.80. The van der Waals surface area contributed by atoms with Gasteiger partial charge in [0.25, 0.3) is 0 Å². The van der Waals surface area contributed by atoms with Crippen molar-refractivity contribution < 1.29 is 44.9 Å². The van der Waals surface area contributed by atoms with E-state index in [1.165, 1.54) is 96.3 Å². The molecule has 1 aliphatic rings. The minimum absolute atomic E-state index is 0.0846. The molecule has 8 atom stereocenters. The monoisotopic (exact) mass is 718 g/mol. The van der Waals surface area contributed by atoms with E-state index in [-0.39, 0.29) is 13.0 Å². The maximum absolute atomic E-state index is 12.9. The minimum Gasteiger partial charge on any atom is -0.394 e. The lowest BCUT2D eigenvalue weighted by molar-refractivity contribution is -0.302. The second kappa shape index (κ2) is 30.6. The van der Waals surface area contributed by atoms with E-state index >= 15 is 0 Å². The van der Waals surface area contributed by atoms with Crippen LogP contribution in [-0.2, 0) is 14.3 Å². The molecule has 298 valence electrons. The third kappa shape index (κ3) is 22.9. The summed E-state index contributed by atoms with van der Waals surface area (Å²) in [6.45, 7) is 5.98. The average Bonchev–Trinajstić information content (AvgIpc) is 3.08. The molecule has 1 fully saturated rings. The number of unbranched alkanes of at least 4 members (excludes halogenated alkanes) is 19. The topological polar surface area (TPSA) is 169 Å². The summed E-state index contributed by atoms with van der Waals surface area (Å²) in [7, 11) is 0. The van der Waals surface area contributed by atoms with Gasteiger partial charge in [-0.3, -0.25) is 4.79 Å². The molecule has 1 heterocycles. The molecule has 0 aromatic rings. The Morgan fingerprint density at radius 1 is 0.660 bits per heavy atom. The van der Waals surface area contributed by atoms with E-state index in [9.17, 15) is 35.4 Å². The highest BCUT2D eigenvalue weighted by molar-refractivity contribution is 5.76. The van der Waals surface area contributed by atoms with Crippen LogP contribution in [0.25, 0.3) is 0 Å². The number of carbonyl (C=O) groups excluding carboxylic acids is 1. The van der Waals surface area contributed by atoms with E-state index in [1.807, 2.05) is 0 Å². The van der Waals surface area contributed by atoms with Gasteiger partial charge in [0.05, 0.1) is 37.9 Å². The van der Waals surface area contributed by atoms with Gasteiger partial charge in [-0.25, -0.2) is 0 Å². The quantitative estimate of drug-likeness (QED) is 0.0378. The fourth-order valence-electron chi connectivity index (χ4n) is 6.80. The van der Waals surface area contributed by atoms with Crippen molar-refractivity contribution in [2.24, 2.45) is 5.92 Å². The van der Waals surface area contributed by atoms with Crippen molar-refractivity contribution in [1.29, 1.82) is 0 Å². The molecule has 0 aliphatic carbocycles. The van der Waals surface area contributed by atoms with Gasteiger partial charge in [-0.2, -0.15) is 0 Å². The van der Waals surface area contributed by atoms with Crippen molar-refractivity contribution in [3.63, 3.8) is 0 Å². The van der Waals surface area contributed by atoms with Crippen LogP contribution in [0.2, 0.25) is 0 Å². The molecular formula is C40H79NO9. The largest absolute Gasteiger partial charge is 0.394 e. The summed E-state index contributed by atoms with van der Waals surface area (Å²) in [5, 5.41) is 64.5. The van der Waals surface area contributed by atoms with Gasteiger partial charge in [0, 0.05) is 0 Å². The molecule has 7 N–H and O–H groups in total. The first-order valence-electron chi connectivity index (χ1n) is 20.7. The predicted molar refractivity (Wildman–Crippen MR) is 200 cm³/mol. The number of ether oxygens (including phenoxy) is 2. The number of hydrogen-bond donors (Lipinski definition) is 7. The second-order valence-corrected chi connectivity index (χ2v) is 15.5. The van der Waals surface area contributed by atoms with E-state index in [4.69, 9.17) is 9.47 Å². The maximum atomic E-state index is 12.9. The van der Waals surface area contributed by atoms with Crippen molar-refractivity contribution in [2.75, 3.05) is 13.2 Å². The van der Waals surface area contributed by atoms with Crippen LogP contribution in [0.15, 0.2) is 0 Å². The molecule has 0 spiro atoms. The second-order valence-electron chi connectivity index (χ2n) is 15.5. The summed E-state index contributed by atoms with van der Waals surface area (Å²) < 4.78 is 11.2. The summed E-state index contributed by atoms with van der Waals surface area (Å²) in [6.07, 6.45) is 18.5. The van der Waals surface area contributed by atoms with Gasteiger partial charge >= 0.3 is 0 Å². The Hall–Kier alpha value is -0.850. The van der Waals surface area contributed by atoms with E-state index in [0.29, 0.717) is 12.8 Å². The predicted octanol–water partition coefficient (Wildman–Crippen LogP) is 6.44. The van der Waals surface area contributed by atoms with Crippen LogP contribution in [0, 0.1) is 5.92 Å². The molecule has 0 radical (unpaired) electrons. The number of aliphatic hydroxyl groups is 6. The zero-order valence-corrected chi connectivity index (χ0v) is 32.2. The molecule has 1 rings (SSSR count). The number of rotatable bonds is 33. The summed E-state index contributed by atoms with van der Waals surface area (Å²) in [4.78, 5) is 12.9. The van der Waals surface area contributed by atoms with Crippen molar-refractivity contribution >= 4 is 5.91 Å². The standard InChI is InChI=1S/C40H79NO9/c1-4-5-6-7-8-9-10-11-14-17-20-23-26-32(43)28-36(45)41-33(30-49-40-39(48)38(47)37(46)35(29-42)50-40)34(44)27-24-21-18-15-12-13-16-19-22-25-31(2)3/h31-35,37-40,42-44,46-48H,4-30H2,1-3H3,(H,41,45)/t32-,33+,34-,35-,37+,38+,39-,40+/m1/s1. The van der Waals surface area contributed by atoms with Gasteiger partial charge in [-0.05, 0) is 18.8 Å². The zero-order valence-electron chi connectivity index (χ0n) is 32.2. The molecule has 50 heavy (non-hydrogen) atoms. The summed E-state index contributed by atoms with van der Waals surface area (Å²) in [6, 6.07) is -0.834. The lowest BCUT2D eigenvalue weighted by Crippen LogP contribution is -2.60. The van der Waals surface area contributed by atoms with Crippen LogP contribution in [0.4, 0.5) is 0 Å². The van der Waals surface area contributed by atoms with Gasteiger partial charge in [-0.15, -0.1) is 0 Å². The Labute approximate surface area is 305 Å². The van der Waals surface area contributed by atoms with Crippen molar-refractivity contribution in [2.45, 2.75) is 230 Å². The Morgan fingerprint density at radius 2 is 1.12 bits per heavy atom. The molecule has 0 bridgehead atoms. The molecule has 1 amide bonds. The van der Waals surface area contributed by atoms with Gasteiger partial charge < -0.3 is 45.4 Å². The molecular weight excluding hydrogens is 638 g/mol. The molecule has 1 saturated heterocycles. The Balaban J connectivity index is 2.45. The van der Waals surface area contributed by atoms with Crippen molar-refractivity contribution in [3.05, 3.63) is 0 Å². The van der Waals surface area contributed by atoms with Crippen LogP contribution in [0.3, 0.4) is 0 Å². The summed E-state index contributed by atoms with van der Waals surface area (Å²) in [5.74, 6) is 0.379. The van der Waals surface area contributed by atoms with E-state index in [2.05, 4.69) is 26.1 Å². The highest BCUT2D eigenvalue weighted by Crippen LogP contribution is 2.23. The Kier molecular flexibility index (Phi) is 28.9. The van der Waals surface area contributed by atoms with Crippen LogP contribution >= 0.6 is 0 Å². The van der Waals surface area contributed by atoms with Gasteiger partial charge in [0.1, 0.15) is 24.4 Å². The third-order valence-electron chi connectivity index (χ3n) is 10.2. The van der Waals surface area contributed by atoms with Gasteiger partial charge in [0.2, 0.25) is 5.91 Å². The maximum Gasteiger partial charge on any atom is 0.222 e. The van der Waals surface area contributed by atoms with Crippen LogP contribution in [0.1, 0.15) is 181 Å². The summed E-state index contributed by atoms with van der Waals surface area (Å²) >= 11 is 0. The van der Waals surface area contributed by atoms with E-state index in [0.717, 1.165) is 50.9 Å². The Bertz CT molecular complexity index is 786. The lowest BCUT2D eigenvalue weighted by Gasteiger charge is -2.40. The molecule has 0 unspecified atom stereocenters. The van der Waals surface area contributed by atoms with Crippen LogP contribution in [-0.4, -0.2) is 98.7 Å². The molecule has 0 saturated carbocycles. The third-order valence-corrected chi connectivity index (χ3v) is 10.2. The minimum atomic E-state index is -1.58.